The maximum absolute atomic E-state index is 14.3. The van der Waals surface area contributed by atoms with Crippen LogP contribution < -0.4 is 20.4 Å². The molecule has 0 aliphatic carbocycles. The van der Waals surface area contributed by atoms with Gasteiger partial charge in [0, 0.05) is 77.4 Å². The van der Waals surface area contributed by atoms with E-state index in [0.717, 1.165) is 10.9 Å². The molecule has 0 saturated heterocycles. The van der Waals surface area contributed by atoms with Gasteiger partial charge in [-0.1, -0.05) is 42.5 Å². The highest BCUT2D eigenvalue weighted by Crippen LogP contribution is 2.46. The third-order valence-corrected chi connectivity index (χ3v) is 10.3. The minimum atomic E-state index is -4.03. The molecule has 14 nitrogen and oxygen atoms in total. The van der Waals surface area contributed by atoms with E-state index in [4.69, 9.17) is 8.92 Å². The van der Waals surface area contributed by atoms with E-state index in [9.17, 15) is 27.6 Å². The number of anilines is 2. The summed E-state index contributed by atoms with van der Waals surface area (Å²) in [5, 5.41) is 9.66. The molecule has 7 rings (SSSR count). The van der Waals surface area contributed by atoms with E-state index in [-0.39, 0.29) is 48.6 Å². The fourth-order valence-corrected chi connectivity index (χ4v) is 7.63. The number of rotatable bonds is 11. The molecule has 4 N–H and O–H groups in total. The van der Waals surface area contributed by atoms with Crippen LogP contribution in [0.3, 0.4) is 0 Å². The van der Waals surface area contributed by atoms with Gasteiger partial charge in [-0.3, -0.25) is 23.4 Å². The first-order chi connectivity index (χ1) is 25.8. The van der Waals surface area contributed by atoms with Gasteiger partial charge in [-0.25, -0.2) is 5.43 Å². The van der Waals surface area contributed by atoms with E-state index in [1.807, 2.05) is 36.4 Å². The van der Waals surface area contributed by atoms with Gasteiger partial charge in [0.2, 0.25) is 5.91 Å². The molecule has 0 bridgehead atoms. The van der Waals surface area contributed by atoms with E-state index in [2.05, 4.69) is 25.8 Å². The first-order valence-electron chi connectivity index (χ1n) is 17.1. The van der Waals surface area contributed by atoms with E-state index in [0.29, 0.717) is 50.0 Å². The number of carbonyl (C=O) groups is 4. The summed E-state index contributed by atoms with van der Waals surface area (Å²) < 4.78 is 37.1. The molecule has 2 aromatic heterocycles. The van der Waals surface area contributed by atoms with Crippen LogP contribution in [0.5, 0.6) is 5.75 Å². The minimum absolute atomic E-state index is 0.0396. The van der Waals surface area contributed by atoms with Crippen molar-refractivity contribution in [2.24, 2.45) is 5.10 Å². The standard InChI is InChI=1S/C39H36N6O8S/c1-22(43-44-23(2)46)14-15-54(50,51)52-21-27-20-45(35-19-36(53-24(3)47)29-9-5-6-10-30(29)37(27)35)39(49)34-18-26-16-28(12-13-32(26)42-34)40-38(48)33-17-25-8-4-7-11-31(25)41-33/h4-13,16-19,27,41-42H,14-15,20-21H2,1-3H3,(H,40,48)(H,44,46)/b43-22+. The van der Waals surface area contributed by atoms with Crippen molar-refractivity contribution in [1.29, 1.82) is 0 Å². The van der Waals surface area contributed by atoms with Crippen LogP contribution in [0, 0.1) is 0 Å². The predicted octanol–water partition coefficient (Wildman–Crippen LogP) is 5.97. The second kappa shape index (κ2) is 14.6. The lowest BCUT2D eigenvalue weighted by atomic mass is 9.95. The van der Waals surface area contributed by atoms with Crippen molar-refractivity contribution in [1.82, 2.24) is 15.4 Å². The Balaban J connectivity index is 1.16. The maximum Gasteiger partial charge on any atom is 0.308 e. The zero-order valence-corrected chi connectivity index (χ0v) is 30.4. The predicted molar refractivity (Wildman–Crippen MR) is 206 cm³/mol. The van der Waals surface area contributed by atoms with Gasteiger partial charge in [0.1, 0.15) is 17.1 Å². The van der Waals surface area contributed by atoms with Gasteiger partial charge in [-0.05, 0) is 54.3 Å². The second-order valence-corrected chi connectivity index (χ2v) is 14.8. The molecule has 6 aromatic rings. The molecule has 4 aromatic carbocycles. The smallest absolute Gasteiger partial charge is 0.308 e. The lowest BCUT2D eigenvalue weighted by Crippen LogP contribution is -2.31. The van der Waals surface area contributed by atoms with Gasteiger partial charge in [0.15, 0.2) is 0 Å². The number of amides is 3. The number of H-pyrrole nitrogens is 2. The van der Waals surface area contributed by atoms with Crippen LogP contribution in [0.15, 0.2) is 90.0 Å². The van der Waals surface area contributed by atoms with Crippen molar-refractivity contribution in [3.63, 3.8) is 0 Å². The number of hydrazone groups is 1. The van der Waals surface area contributed by atoms with E-state index < -0.39 is 27.9 Å². The first-order valence-corrected chi connectivity index (χ1v) is 18.7. The molecular formula is C39H36N6O8S. The van der Waals surface area contributed by atoms with Crippen molar-refractivity contribution in [2.75, 3.05) is 29.1 Å². The molecule has 1 aliphatic heterocycles. The molecule has 0 spiro atoms. The highest BCUT2D eigenvalue weighted by atomic mass is 32.2. The number of carbonyl (C=O) groups excluding carboxylic acids is 4. The van der Waals surface area contributed by atoms with Gasteiger partial charge >= 0.3 is 5.97 Å². The largest absolute Gasteiger partial charge is 0.426 e. The minimum Gasteiger partial charge on any atom is -0.426 e. The zero-order chi connectivity index (χ0) is 38.1. The Labute approximate surface area is 309 Å². The summed E-state index contributed by atoms with van der Waals surface area (Å²) in [6, 6.07) is 25.1. The maximum atomic E-state index is 14.3. The number of para-hydroxylation sites is 1. The molecule has 3 heterocycles. The van der Waals surface area contributed by atoms with Crippen molar-refractivity contribution >= 4 is 83.5 Å². The Morgan fingerprint density at radius 2 is 1.56 bits per heavy atom. The molecular weight excluding hydrogens is 713 g/mol. The lowest BCUT2D eigenvalue weighted by molar-refractivity contribution is -0.131. The quantitative estimate of drug-likeness (QED) is 0.0409. The Morgan fingerprint density at radius 3 is 2.31 bits per heavy atom. The second-order valence-electron chi connectivity index (χ2n) is 13.1. The first kappa shape index (κ1) is 36.1. The highest BCUT2D eigenvalue weighted by Gasteiger charge is 2.37. The van der Waals surface area contributed by atoms with Crippen LogP contribution >= 0.6 is 0 Å². The normalized spacial score (nSPS) is 14.4. The molecule has 1 unspecified atom stereocenters. The summed E-state index contributed by atoms with van der Waals surface area (Å²) in [4.78, 5) is 58.5. The fourth-order valence-electron chi connectivity index (χ4n) is 6.59. The Hall–Kier alpha value is -6.32. The number of ether oxygens (including phenoxy) is 1. The molecule has 276 valence electrons. The van der Waals surface area contributed by atoms with Crippen LogP contribution in [0.1, 0.15) is 59.7 Å². The molecule has 0 fully saturated rings. The Kier molecular flexibility index (Phi) is 9.75. The number of esters is 1. The lowest BCUT2D eigenvalue weighted by Gasteiger charge is -2.18. The summed E-state index contributed by atoms with van der Waals surface area (Å²) in [6.07, 6.45) is 0.0396. The van der Waals surface area contributed by atoms with Crippen molar-refractivity contribution in [3.05, 3.63) is 102 Å². The molecule has 1 atom stereocenters. The zero-order valence-electron chi connectivity index (χ0n) is 29.6. The molecule has 3 amide bonds. The third kappa shape index (κ3) is 7.58. The van der Waals surface area contributed by atoms with E-state index in [1.165, 1.54) is 18.7 Å². The number of hydrogen-bond acceptors (Lipinski definition) is 9. The number of aromatic nitrogens is 2. The average molecular weight is 749 g/mol. The Morgan fingerprint density at radius 1 is 0.852 bits per heavy atom. The molecule has 15 heteroatoms. The summed E-state index contributed by atoms with van der Waals surface area (Å²) >= 11 is 0. The topological polar surface area (TPSA) is 192 Å². The summed E-state index contributed by atoms with van der Waals surface area (Å²) in [5.74, 6) is -2.32. The fraction of sp³-hybridized carbons (Fsp3) is 0.205. The van der Waals surface area contributed by atoms with Gasteiger partial charge in [0.25, 0.3) is 21.9 Å². The number of fused-ring (bicyclic) bond motifs is 5. The molecule has 1 aliphatic rings. The number of benzene rings is 4. The summed E-state index contributed by atoms with van der Waals surface area (Å²) in [6.45, 7) is 3.99. The van der Waals surface area contributed by atoms with E-state index >= 15 is 0 Å². The van der Waals surface area contributed by atoms with Crippen LogP contribution in [0.2, 0.25) is 0 Å². The van der Waals surface area contributed by atoms with E-state index in [1.54, 1.807) is 55.5 Å². The van der Waals surface area contributed by atoms with Crippen LogP contribution in [-0.2, 0) is 23.9 Å². The highest BCUT2D eigenvalue weighted by molar-refractivity contribution is 7.86. The monoisotopic (exact) mass is 748 g/mol. The summed E-state index contributed by atoms with van der Waals surface area (Å²) in [5.41, 5.74) is 6.51. The third-order valence-electron chi connectivity index (χ3n) is 9.08. The van der Waals surface area contributed by atoms with Crippen molar-refractivity contribution in [2.45, 2.75) is 33.1 Å². The number of hydrogen-bond donors (Lipinski definition) is 4. The van der Waals surface area contributed by atoms with Crippen LogP contribution in [-0.4, -0.2) is 66.7 Å². The molecule has 0 saturated carbocycles. The molecule has 0 radical (unpaired) electrons. The van der Waals surface area contributed by atoms with Crippen LogP contribution in [0.25, 0.3) is 32.6 Å². The number of aromatic amines is 2. The summed E-state index contributed by atoms with van der Waals surface area (Å²) in [7, 11) is -4.03. The van der Waals surface area contributed by atoms with Gasteiger partial charge in [0.05, 0.1) is 18.0 Å². The molecule has 54 heavy (non-hydrogen) atoms. The Bertz CT molecular complexity index is 2590. The van der Waals surface area contributed by atoms with Gasteiger partial charge in [-0.2, -0.15) is 13.5 Å². The number of nitrogens with zero attached hydrogens (tertiary/aromatic N) is 2. The SMILES string of the molecule is CC(=O)N/N=C(\C)CCS(=O)(=O)OCC1CN(C(=O)c2cc3cc(NC(=O)c4cc5ccccc5[nH]4)ccc3[nH]2)c2cc(OC(C)=O)c3ccccc3c21. The van der Waals surface area contributed by atoms with Crippen molar-refractivity contribution in [3.8, 4) is 5.75 Å². The average Bonchev–Trinajstić information content (AvgIpc) is 3.87. The van der Waals surface area contributed by atoms with Gasteiger partial charge in [-0.15, -0.1) is 0 Å². The van der Waals surface area contributed by atoms with Crippen molar-refractivity contribution < 1.29 is 36.5 Å². The number of nitrogens with one attached hydrogen (secondary N) is 4. The van der Waals surface area contributed by atoms with Gasteiger partial charge < -0.3 is 24.9 Å². The van der Waals surface area contributed by atoms with Crippen LogP contribution in [0.4, 0.5) is 11.4 Å².